The van der Waals surface area contributed by atoms with Gasteiger partial charge in [-0.25, -0.2) is 8.42 Å². The molecule has 6 nitrogen and oxygen atoms in total. The van der Waals surface area contributed by atoms with Gasteiger partial charge in [0, 0.05) is 25.8 Å². The van der Waals surface area contributed by atoms with Gasteiger partial charge in [-0.15, -0.1) is 0 Å². The van der Waals surface area contributed by atoms with Gasteiger partial charge in [0.05, 0.1) is 18.1 Å². The summed E-state index contributed by atoms with van der Waals surface area (Å²) in [4.78, 5) is 17.1. The van der Waals surface area contributed by atoms with E-state index in [-0.39, 0.29) is 23.5 Å². The van der Waals surface area contributed by atoms with Crippen molar-refractivity contribution in [3.05, 3.63) is 0 Å². The van der Waals surface area contributed by atoms with Crippen LogP contribution in [-0.2, 0) is 19.4 Å². The first-order chi connectivity index (χ1) is 12.3. The fourth-order valence-electron chi connectivity index (χ4n) is 4.64. The number of carbonyl (C=O) groups excluding carboxylic acids is 1. The minimum absolute atomic E-state index is 0.101. The molecule has 3 aliphatic heterocycles. The molecular formula is C19H34N2O4S. The van der Waals surface area contributed by atoms with E-state index >= 15 is 0 Å². The molecule has 0 aromatic carbocycles. The number of rotatable bonds is 5. The van der Waals surface area contributed by atoms with Gasteiger partial charge in [-0.3, -0.25) is 9.69 Å². The summed E-state index contributed by atoms with van der Waals surface area (Å²) in [5.74, 6) is 0.792. The van der Waals surface area contributed by atoms with Crippen LogP contribution in [0.15, 0.2) is 0 Å². The number of hydrogen-bond acceptors (Lipinski definition) is 5. The van der Waals surface area contributed by atoms with E-state index in [9.17, 15) is 13.2 Å². The number of likely N-dealkylation sites (tertiary alicyclic amines) is 1. The minimum Gasteiger partial charge on any atom is -0.381 e. The van der Waals surface area contributed by atoms with Crippen LogP contribution in [0, 0.1) is 11.3 Å². The van der Waals surface area contributed by atoms with E-state index in [4.69, 9.17) is 4.74 Å². The van der Waals surface area contributed by atoms with Gasteiger partial charge in [0.2, 0.25) is 5.91 Å². The van der Waals surface area contributed by atoms with Crippen LogP contribution in [-0.4, -0.2) is 81.1 Å². The van der Waals surface area contributed by atoms with E-state index in [1.807, 2.05) is 4.90 Å². The van der Waals surface area contributed by atoms with Crippen LogP contribution >= 0.6 is 0 Å². The first-order valence-electron chi connectivity index (χ1n) is 10.1. The topological polar surface area (TPSA) is 66.9 Å². The van der Waals surface area contributed by atoms with Crippen molar-refractivity contribution in [2.75, 3.05) is 50.9 Å². The summed E-state index contributed by atoms with van der Waals surface area (Å²) in [6.45, 7) is 8.91. The molecule has 1 atom stereocenters. The predicted octanol–water partition coefficient (Wildman–Crippen LogP) is 1.55. The van der Waals surface area contributed by atoms with Crippen LogP contribution in [0.1, 0.15) is 46.0 Å². The highest BCUT2D eigenvalue weighted by molar-refractivity contribution is 7.91. The van der Waals surface area contributed by atoms with Gasteiger partial charge in [-0.2, -0.15) is 0 Å². The lowest BCUT2D eigenvalue weighted by atomic mass is 9.72. The van der Waals surface area contributed by atoms with Gasteiger partial charge in [-0.05, 0) is 56.5 Å². The van der Waals surface area contributed by atoms with E-state index in [2.05, 4.69) is 18.7 Å². The Morgan fingerprint density at radius 3 is 2.38 bits per heavy atom. The quantitative estimate of drug-likeness (QED) is 0.717. The van der Waals surface area contributed by atoms with Crippen LogP contribution < -0.4 is 0 Å². The predicted molar refractivity (Wildman–Crippen MR) is 102 cm³/mol. The number of amides is 1. The zero-order valence-corrected chi connectivity index (χ0v) is 17.1. The maximum atomic E-state index is 13.0. The van der Waals surface area contributed by atoms with Crippen molar-refractivity contribution in [3.63, 3.8) is 0 Å². The number of hydrogen-bond donors (Lipinski definition) is 0. The molecule has 0 aromatic heterocycles. The third-order valence-corrected chi connectivity index (χ3v) is 8.11. The molecule has 3 saturated heterocycles. The minimum atomic E-state index is -2.98. The maximum Gasteiger partial charge on any atom is 0.237 e. The Hall–Kier alpha value is -0.660. The zero-order chi connectivity index (χ0) is 18.8. The Bertz CT molecular complexity index is 589. The molecular weight excluding hydrogens is 352 g/mol. The van der Waals surface area contributed by atoms with Gasteiger partial charge in [0.25, 0.3) is 0 Å². The van der Waals surface area contributed by atoms with E-state index < -0.39 is 9.84 Å². The normalized spacial score (nSPS) is 28.5. The molecule has 3 fully saturated rings. The summed E-state index contributed by atoms with van der Waals surface area (Å²) in [7, 11) is -2.98. The standard InChI is InChI=1S/C19H34N2O4S/c1-16(2)13-21(17-3-12-26(23,24)15-17)18(22)14-20-8-4-19(5-9-20)6-10-25-11-7-19/h16-17H,3-15H2,1-2H3. The van der Waals surface area contributed by atoms with Crippen molar-refractivity contribution < 1.29 is 17.9 Å². The molecule has 0 bridgehead atoms. The van der Waals surface area contributed by atoms with Gasteiger partial charge in [0.15, 0.2) is 9.84 Å². The van der Waals surface area contributed by atoms with Gasteiger partial charge >= 0.3 is 0 Å². The molecule has 1 spiro atoms. The molecule has 0 N–H and O–H groups in total. The van der Waals surface area contributed by atoms with E-state index in [1.165, 1.54) is 0 Å². The summed E-state index contributed by atoms with van der Waals surface area (Å²) in [6, 6.07) is -0.137. The molecule has 3 aliphatic rings. The number of nitrogens with zero attached hydrogens (tertiary/aromatic N) is 2. The SMILES string of the molecule is CC(C)CN(C(=O)CN1CCC2(CCOCC2)CC1)C1CCS(=O)(=O)C1. The van der Waals surface area contributed by atoms with E-state index in [0.29, 0.717) is 30.8 Å². The summed E-state index contributed by atoms with van der Waals surface area (Å²) in [6.07, 6.45) is 5.17. The second kappa shape index (κ2) is 8.15. The van der Waals surface area contributed by atoms with E-state index in [0.717, 1.165) is 52.0 Å². The third kappa shape index (κ3) is 4.98. The van der Waals surface area contributed by atoms with Crippen molar-refractivity contribution in [3.8, 4) is 0 Å². The highest BCUT2D eigenvalue weighted by Crippen LogP contribution is 2.40. The molecule has 0 saturated carbocycles. The lowest BCUT2D eigenvalue weighted by Gasteiger charge is -2.44. The summed E-state index contributed by atoms with van der Waals surface area (Å²) in [5.41, 5.74) is 0.426. The third-order valence-electron chi connectivity index (χ3n) is 6.36. The Labute approximate surface area is 158 Å². The molecule has 26 heavy (non-hydrogen) atoms. The van der Waals surface area contributed by atoms with Crippen LogP contribution in [0.25, 0.3) is 0 Å². The van der Waals surface area contributed by atoms with Crippen LogP contribution in [0.3, 0.4) is 0 Å². The largest absolute Gasteiger partial charge is 0.381 e. The van der Waals surface area contributed by atoms with Gasteiger partial charge < -0.3 is 9.64 Å². The molecule has 3 heterocycles. The number of piperidine rings is 1. The van der Waals surface area contributed by atoms with Gasteiger partial charge in [0.1, 0.15) is 0 Å². The van der Waals surface area contributed by atoms with Crippen LogP contribution in [0.2, 0.25) is 0 Å². The molecule has 0 radical (unpaired) electrons. The average molecular weight is 387 g/mol. The summed E-state index contributed by atoms with van der Waals surface area (Å²) in [5, 5.41) is 0. The second-order valence-corrected chi connectivity index (χ2v) is 11.1. The molecule has 3 rings (SSSR count). The Kier molecular flexibility index (Phi) is 6.29. The van der Waals surface area contributed by atoms with Crippen molar-refractivity contribution in [1.82, 2.24) is 9.80 Å². The van der Waals surface area contributed by atoms with Crippen molar-refractivity contribution in [2.45, 2.75) is 52.0 Å². The van der Waals surface area contributed by atoms with Crippen molar-refractivity contribution in [1.29, 1.82) is 0 Å². The fourth-order valence-corrected chi connectivity index (χ4v) is 6.37. The Balaban J connectivity index is 1.56. The Morgan fingerprint density at radius 2 is 1.85 bits per heavy atom. The zero-order valence-electron chi connectivity index (χ0n) is 16.3. The number of sulfone groups is 1. The smallest absolute Gasteiger partial charge is 0.237 e. The monoisotopic (exact) mass is 386 g/mol. The highest BCUT2D eigenvalue weighted by atomic mass is 32.2. The Morgan fingerprint density at radius 1 is 1.19 bits per heavy atom. The lowest BCUT2D eigenvalue weighted by Crippen LogP contribution is -2.50. The maximum absolute atomic E-state index is 13.0. The van der Waals surface area contributed by atoms with E-state index in [1.54, 1.807) is 0 Å². The summed E-state index contributed by atoms with van der Waals surface area (Å²) >= 11 is 0. The average Bonchev–Trinajstić information content (AvgIpc) is 2.95. The van der Waals surface area contributed by atoms with Crippen molar-refractivity contribution >= 4 is 15.7 Å². The fraction of sp³-hybridized carbons (Fsp3) is 0.947. The number of carbonyl (C=O) groups is 1. The van der Waals surface area contributed by atoms with Crippen LogP contribution in [0.4, 0.5) is 0 Å². The number of ether oxygens (including phenoxy) is 1. The van der Waals surface area contributed by atoms with Crippen molar-refractivity contribution in [2.24, 2.45) is 11.3 Å². The molecule has 150 valence electrons. The lowest BCUT2D eigenvalue weighted by molar-refractivity contribution is -0.135. The van der Waals surface area contributed by atoms with Crippen LogP contribution in [0.5, 0.6) is 0 Å². The van der Waals surface area contributed by atoms with Gasteiger partial charge in [-0.1, -0.05) is 13.8 Å². The molecule has 1 amide bonds. The first-order valence-corrected chi connectivity index (χ1v) is 11.9. The highest BCUT2D eigenvalue weighted by Gasteiger charge is 2.38. The molecule has 0 aromatic rings. The molecule has 7 heteroatoms. The first kappa shape index (κ1) is 20.1. The summed E-state index contributed by atoms with van der Waals surface area (Å²) < 4.78 is 29.2. The molecule has 1 unspecified atom stereocenters. The molecule has 0 aliphatic carbocycles. The second-order valence-electron chi connectivity index (χ2n) is 8.89.